The minimum atomic E-state index is -0.0245. The molecular weight excluding hydrogens is 510 g/mol. The topological polar surface area (TPSA) is 116 Å². The number of aromatic amines is 1. The molecule has 2 aromatic heterocycles. The number of amides is 1. The maximum atomic E-state index is 12.4. The first-order valence-electron chi connectivity index (χ1n) is 13.6. The molecule has 9 nitrogen and oxygen atoms in total. The number of piperidine rings is 1. The number of rotatable bonds is 10. The summed E-state index contributed by atoms with van der Waals surface area (Å²) in [4.78, 5) is 37.1. The maximum absolute atomic E-state index is 12.4. The molecule has 4 rings (SSSR count). The Morgan fingerprint density at radius 1 is 1.08 bits per heavy atom. The molecule has 208 valence electrons. The van der Waals surface area contributed by atoms with Crippen molar-refractivity contribution in [2.45, 2.75) is 82.8 Å². The van der Waals surface area contributed by atoms with Crippen LogP contribution in [0.15, 0.2) is 46.5 Å². The predicted molar refractivity (Wildman–Crippen MR) is 156 cm³/mol. The third-order valence-corrected chi connectivity index (χ3v) is 7.33. The summed E-state index contributed by atoms with van der Waals surface area (Å²) < 4.78 is 0. The zero-order chi connectivity index (χ0) is 28.0. The van der Waals surface area contributed by atoms with E-state index in [9.17, 15) is 9.59 Å². The van der Waals surface area contributed by atoms with Gasteiger partial charge in [-0.15, -0.1) is 0 Å². The number of aryl methyl sites for hydroxylation is 1. The standard InChI is InChI=1S/C29H39N7O2S/c1-6-22(37)16-20-7-9-23(10-8-20)39-28-32-24(31-25-15-19(2)34-35-25)17-26(33-28)36-13-11-21(12-14-36)30-27(38)18-29(3,4)5/h7-10,15,17,21H,6,11-14,16,18H2,1-5H3,(H,30,38)(H2,31,32,33,34,35). The molecule has 0 aliphatic carbocycles. The normalized spacial score (nSPS) is 14.3. The molecule has 39 heavy (non-hydrogen) atoms. The Morgan fingerprint density at radius 3 is 2.41 bits per heavy atom. The van der Waals surface area contributed by atoms with Crippen LogP contribution >= 0.6 is 11.8 Å². The molecule has 1 aliphatic heterocycles. The van der Waals surface area contributed by atoms with Crippen LogP contribution in [0.2, 0.25) is 0 Å². The molecule has 0 unspecified atom stereocenters. The number of hydrogen-bond acceptors (Lipinski definition) is 8. The summed E-state index contributed by atoms with van der Waals surface area (Å²) in [5.41, 5.74) is 1.94. The van der Waals surface area contributed by atoms with Gasteiger partial charge in [0.05, 0.1) is 0 Å². The van der Waals surface area contributed by atoms with Crippen molar-refractivity contribution in [2.24, 2.45) is 5.41 Å². The fraction of sp³-hybridized carbons (Fsp3) is 0.483. The number of carbonyl (C=O) groups is 2. The Morgan fingerprint density at radius 2 is 1.79 bits per heavy atom. The average molecular weight is 550 g/mol. The Hall–Kier alpha value is -3.40. The van der Waals surface area contributed by atoms with Crippen LogP contribution in [-0.2, 0) is 16.0 Å². The van der Waals surface area contributed by atoms with Crippen molar-refractivity contribution in [3.8, 4) is 0 Å². The van der Waals surface area contributed by atoms with E-state index in [0.717, 1.165) is 47.9 Å². The van der Waals surface area contributed by atoms with Crippen LogP contribution in [0.5, 0.6) is 0 Å². The molecule has 10 heteroatoms. The highest BCUT2D eigenvalue weighted by atomic mass is 32.2. The van der Waals surface area contributed by atoms with Gasteiger partial charge in [-0.05, 0) is 54.6 Å². The number of nitrogens with one attached hydrogen (secondary N) is 3. The molecule has 1 amide bonds. The Bertz CT molecular complexity index is 1280. The monoisotopic (exact) mass is 549 g/mol. The summed E-state index contributed by atoms with van der Waals surface area (Å²) in [6.07, 6.45) is 3.25. The van der Waals surface area contributed by atoms with Crippen LogP contribution in [0.25, 0.3) is 0 Å². The molecule has 3 heterocycles. The lowest BCUT2D eigenvalue weighted by molar-refractivity contribution is -0.123. The molecule has 1 fully saturated rings. The van der Waals surface area contributed by atoms with Crippen molar-refractivity contribution in [1.82, 2.24) is 25.5 Å². The summed E-state index contributed by atoms with van der Waals surface area (Å²) in [5.74, 6) is 2.55. The Balaban J connectivity index is 1.47. The fourth-order valence-corrected chi connectivity index (χ4v) is 5.21. The van der Waals surface area contributed by atoms with E-state index in [1.807, 2.05) is 50.2 Å². The van der Waals surface area contributed by atoms with Crippen LogP contribution < -0.4 is 15.5 Å². The lowest BCUT2D eigenvalue weighted by Gasteiger charge is -2.33. The summed E-state index contributed by atoms with van der Waals surface area (Å²) in [5, 5.41) is 14.4. The van der Waals surface area contributed by atoms with E-state index in [4.69, 9.17) is 9.97 Å². The van der Waals surface area contributed by atoms with E-state index in [1.165, 1.54) is 11.8 Å². The van der Waals surface area contributed by atoms with Gasteiger partial charge in [-0.1, -0.05) is 39.8 Å². The number of hydrogen-bond donors (Lipinski definition) is 3. The van der Waals surface area contributed by atoms with Gasteiger partial charge in [-0.25, -0.2) is 9.97 Å². The second-order valence-electron chi connectivity index (χ2n) is 11.3. The minimum Gasteiger partial charge on any atom is -0.356 e. The molecule has 1 saturated heterocycles. The number of carbonyl (C=O) groups excluding carboxylic acids is 2. The first-order chi connectivity index (χ1) is 18.6. The van der Waals surface area contributed by atoms with Crippen molar-refractivity contribution in [3.63, 3.8) is 0 Å². The highest BCUT2D eigenvalue weighted by molar-refractivity contribution is 7.99. The number of nitrogens with zero attached hydrogens (tertiary/aromatic N) is 4. The molecule has 1 aromatic carbocycles. The molecule has 0 bridgehead atoms. The molecule has 1 aliphatic rings. The molecular formula is C29H39N7O2S. The highest BCUT2D eigenvalue weighted by Crippen LogP contribution is 2.30. The fourth-order valence-electron chi connectivity index (χ4n) is 4.44. The van der Waals surface area contributed by atoms with Crippen LogP contribution in [0, 0.1) is 12.3 Å². The Kier molecular flexibility index (Phi) is 9.27. The second kappa shape index (κ2) is 12.6. The van der Waals surface area contributed by atoms with E-state index in [1.54, 1.807) is 0 Å². The molecule has 0 spiro atoms. The molecule has 0 saturated carbocycles. The van der Waals surface area contributed by atoms with Gasteiger partial charge in [0.25, 0.3) is 0 Å². The highest BCUT2D eigenvalue weighted by Gasteiger charge is 2.24. The molecule has 3 N–H and O–H groups in total. The van der Waals surface area contributed by atoms with Crippen molar-refractivity contribution < 1.29 is 9.59 Å². The van der Waals surface area contributed by atoms with E-state index in [-0.39, 0.29) is 23.1 Å². The lowest BCUT2D eigenvalue weighted by Crippen LogP contribution is -2.45. The predicted octanol–water partition coefficient (Wildman–Crippen LogP) is 5.45. The van der Waals surface area contributed by atoms with E-state index >= 15 is 0 Å². The van der Waals surface area contributed by atoms with Crippen molar-refractivity contribution in [1.29, 1.82) is 0 Å². The molecule has 0 atom stereocenters. The number of aromatic nitrogens is 4. The largest absolute Gasteiger partial charge is 0.356 e. The number of ketones is 1. The van der Waals surface area contributed by atoms with Crippen molar-refractivity contribution in [2.75, 3.05) is 23.3 Å². The number of benzene rings is 1. The van der Waals surface area contributed by atoms with Gasteiger partial charge >= 0.3 is 0 Å². The summed E-state index contributed by atoms with van der Waals surface area (Å²) >= 11 is 1.48. The summed E-state index contributed by atoms with van der Waals surface area (Å²) in [6.45, 7) is 11.7. The van der Waals surface area contributed by atoms with Gasteiger partial charge in [0.15, 0.2) is 11.0 Å². The third-order valence-electron chi connectivity index (χ3n) is 6.46. The average Bonchev–Trinajstić information content (AvgIpc) is 3.28. The van der Waals surface area contributed by atoms with Crippen LogP contribution in [0.3, 0.4) is 0 Å². The quantitative estimate of drug-likeness (QED) is 0.286. The second-order valence-corrected chi connectivity index (χ2v) is 12.4. The minimum absolute atomic E-state index is 0.0245. The van der Waals surface area contributed by atoms with Gasteiger partial charge < -0.3 is 15.5 Å². The van der Waals surface area contributed by atoms with Crippen molar-refractivity contribution >= 4 is 40.9 Å². The number of H-pyrrole nitrogens is 1. The number of anilines is 3. The number of Topliss-reactive ketones (excluding diaryl/α,β-unsaturated/α-hetero) is 1. The van der Waals surface area contributed by atoms with Crippen molar-refractivity contribution in [3.05, 3.63) is 47.7 Å². The smallest absolute Gasteiger partial charge is 0.220 e. The van der Waals surface area contributed by atoms with E-state index in [2.05, 4.69) is 46.5 Å². The van der Waals surface area contributed by atoms with Crippen LogP contribution in [-0.4, -0.2) is 51.0 Å². The summed E-state index contributed by atoms with van der Waals surface area (Å²) in [7, 11) is 0. The molecule has 3 aromatic rings. The van der Waals surface area contributed by atoms with Gasteiger partial charge in [-0.2, -0.15) is 5.10 Å². The first-order valence-corrected chi connectivity index (χ1v) is 14.4. The zero-order valence-electron chi connectivity index (χ0n) is 23.5. The third kappa shape index (κ3) is 8.81. The van der Waals surface area contributed by atoms with E-state index in [0.29, 0.717) is 36.1 Å². The SMILES string of the molecule is CCC(=O)Cc1ccc(Sc2nc(Nc3cc(C)[nH]n3)cc(N3CCC(NC(=O)CC(C)(C)C)CC3)n2)cc1. The Labute approximate surface area is 235 Å². The maximum Gasteiger partial charge on any atom is 0.220 e. The van der Waals surface area contributed by atoms with Gasteiger partial charge in [0.2, 0.25) is 5.91 Å². The lowest BCUT2D eigenvalue weighted by atomic mass is 9.91. The summed E-state index contributed by atoms with van der Waals surface area (Å²) in [6, 6.07) is 12.1. The van der Waals surface area contributed by atoms with Gasteiger partial charge in [0.1, 0.15) is 17.4 Å². The van der Waals surface area contributed by atoms with Crippen LogP contribution in [0.1, 0.15) is 64.6 Å². The van der Waals surface area contributed by atoms with Gasteiger partial charge in [-0.3, -0.25) is 14.7 Å². The first kappa shape index (κ1) is 28.6. The van der Waals surface area contributed by atoms with Gasteiger partial charge in [0, 0.05) is 61.1 Å². The zero-order valence-corrected chi connectivity index (χ0v) is 24.3. The molecule has 0 radical (unpaired) electrons. The van der Waals surface area contributed by atoms with E-state index < -0.39 is 0 Å². The van der Waals surface area contributed by atoms with Crippen LogP contribution in [0.4, 0.5) is 17.5 Å².